The van der Waals surface area contributed by atoms with Gasteiger partial charge in [0.2, 0.25) is 0 Å². The first-order valence-electron chi connectivity index (χ1n) is 8.03. The minimum absolute atomic E-state index is 0.628. The molecule has 3 heteroatoms. The summed E-state index contributed by atoms with van der Waals surface area (Å²) in [5.41, 5.74) is 1.32. The molecule has 1 atom stereocenters. The molecule has 1 aromatic rings. The second kappa shape index (κ2) is 7.68. The lowest BCUT2D eigenvalue weighted by molar-refractivity contribution is 0.334. The molecule has 0 aromatic carbocycles. The maximum absolute atomic E-state index is 4.27. The molecular formula is C16H29N3. The van der Waals surface area contributed by atoms with E-state index < -0.39 is 0 Å². The van der Waals surface area contributed by atoms with Crippen LogP contribution in [0.1, 0.15) is 64.5 Å². The summed E-state index contributed by atoms with van der Waals surface area (Å²) in [7, 11) is 0. The van der Waals surface area contributed by atoms with Crippen LogP contribution in [0.5, 0.6) is 0 Å². The summed E-state index contributed by atoms with van der Waals surface area (Å²) in [5, 5.41) is 3.72. The normalized spacial score (nSPS) is 19.3. The monoisotopic (exact) mass is 263 g/mol. The molecule has 108 valence electrons. The third-order valence-electron chi connectivity index (χ3n) is 4.48. The fourth-order valence-corrected chi connectivity index (χ4v) is 3.18. The van der Waals surface area contributed by atoms with Crippen LogP contribution in [0.2, 0.25) is 0 Å². The van der Waals surface area contributed by atoms with Gasteiger partial charge in [0.1, 0.15) is 0 Å². The van der Waals surface area contributed by atoms with Crippen molar-refractivity contribution in [3.05, 3.63) is 18.2 Å². The summed E-state index contributed by atoms with van der Waals surface area (Å²) >= 11 is 0. The lowest BCUT2D eigenvalue weighted by Crippen LogP contribution is -2.33. The molecule has 3 nitrogen and oxygen atoms in total. The van der Waals surface area contributed by atoms with E-state index in [-0.39, 0.29) is 0 Å². The Morgan fingerprint density at radius 1 is 1.32 bits per heavy atom. The summed E-state index contributed by atoms with van der Waals surface area (Å²) < 4.78 is 2.27. The number of aryl methyl sites for hydroxylation is 1. The molecule has 0 aliphatic heterocycles. The van der Waals surface area contributed by atoms with E-state index in [2.05, 4.69) is 28.7 Å². The smallest absolute Gasteiger partial charge is 0.0948 e. The Hall–Kier alpha value is -0.830. The van der Waals surface area contributed by atoms with Crippen molar-refractivity contribution < 1.29 is 0 Å². The molecular weight excluding hydrogens is 234 g/mol. The summed E-state index contributed by atoms with van der Waals surface area (Å²) in [6, 6.07) is 0.628. The van der Waals surface area contributed by atoms with E-state index >= 15 is 0 Å². The van der Waals surface area contributed by atoms with E-state index in [9.17, 15) is 0 Å². The molecule has 1 aromatic heterocycles. The Kier molecular flexibility index (Phi) is 5.90. The zero-order chi connectivity index (χ0) is 13.5. The van der Waals surface area contributed by atoms with Gasteiger partial charge in [0.25, 0.3) is 0 Å². The van der Waals surface area contributed by atoms with Crippen molar-refractivity contribution in [2.45, 2.75) is 77.9 Å². The largest absolute Gasteiger partial charge is 0.333 e. The molecule has 1 heterocycles. The molecule has 1 aliphatic carbocycles. The quantitative estimate of drug-likeness (QED) is 0.792. The van der Waals surface area contributed by atoms with Crippen LogP contribution in [0, 0.1) is 5.92 Å². The zero-order valence-corrected chi connectivity index (χ0v) is 12.6. The van der Waals surface area contributed by atoms with E-state index in [1.165, 1.54) is 50.6 Å². The van der Waals surface area contributed by atoms with Crippen molar-refractivity contribution in [2.75, 3.05) is 0 Å². The van der Waals surface area contributed by atoms with Crippen LogP contribution < -0.4 is 5.32 Å². The SMILES string of the molecule is CCCn1cncc1CN[C@@H](C)C1CCCCCC1. The Bertz CT molecular complexity index is 351. The van der Waals surface area contributed by atoms with Crippen molar-refractivity contribution in [3.63, 3.8) is 0 Å². The fraction of sp³-hybridized carbons (Fsp3) is 0.812. The van der Waals surface area contributed by atoms with Crippen LogP contribution in [0.4, 0.5) is 0 Å². The van der Waals surface area contributed by atoms with Gasteiger partial charge < -0.3 is 9.88 Å². The van der Waals surface area contributed by atoms with Crippen molar-refractivity contribution in [2.24, 2.45) is 5.92 Å². The van der Waals surface area contributed by atoms with Crippen molar-refractivity contribution >= 4 is 0 Å². The Balaban J connectivity index is 1.81. The summed E-state index contributed by atoms with van der Waals surface area (Å²) in [5.74, 6) is 0.866. The molecule has 0 spiro atoms. The second-order valence-corrected chi connectivity index (χ2v) is 6.00. The minimum atomic E-state index is 0.628. The molecule has 2 rings (SSSR count). The standard InChI is InChI=1S/C16H29N3/c1-3-10-19-13-17-11-16(19)12-18-14(2)15-8-6-4-5-7-9-15/h11,13-15,18H,3-10,12H2,1-2H3/t14-/m0/s1. The van der Waals surface area contributed by atoms with Crippen LogP contribution in [0.3, 0.4) is 0 Å². The maximum Gasteiger partial charge on any atom is 0.0948 e. The molecule has 1 aliphatic rings. The van der Waals surface area contributed by atoms with E-state index in [0.717, 1.165) is 19.0 Å². The molecule has 1 saturated carbocycles. The van der Waals surface area contributed by atoms with Gasteiger partial charge in [-0.25, -0.2) is 4.98 Å². The molecule has 0 radical (unpaired) electrons. The van der Waals surface area contributed by atoms with Gasteiger partial charge in [-0.3, -0.25) is 0 Å². The minimum Gasteiger partial charge on any atom is -0.333 e. The maximum atomic E-state index is 4.27. The third kappa shape index (κ3) is 4.34. The first-order valence-corrected chi connectivity index (χ1v) is 8.03. The summed E-state index contributed by atoms with van der Waals surface area (Å²) in [4.78, 5) is 4.27. The number of rotatable bonds is 6. The highest BCUT2D eigenvalue weighted by atomic mass is 15.1. The highest BCUT2D eigenvalue weighted by molar-refractivity contribution is 4.98. The molecule has 19 heavy (non-hydrogen) atoms. The van der Waals surface area contributed by atoms with Crippen molar-refractivity contribution in [1.29, 1.82) is 0 Å². The summed E-state index contributed by atoms with van der Waals surface area (Å²) in [6.45, 7) is 6.61. The number of hydrogen-bond donors (Lipinski definition) is 1. The van der Waals surface area contributed by atoms with Gasteiger partial charge in [0, 0.05) is 25.3 Å². The van der Waals surface area contributed by atoms with Gasteiger partial charge in [0.05, 0.1) is 12.0 Å². The first-order chi connectivity index (χ1) is 9.31. The average Bonchev–Trinajstić information content (AvgIpc) is 2.68. The van der Waals surface area contributed by atoms with Crippen LogP contribution in [0.25, 0.3) is 0 Å². The fourth-order valence-electron chi connectivity index (χ4n) is 3.18. The predicted molar refractivity (Wildman–Crippen MR) is 80.0 cm³/mol. The van der Waals surface area contributed by atoms with Gasteiger partial charge >= 0.3 is 0 Å². The van der Waals surface area contributed by atoms with Crippen molar-refractivity contribution in [3.8, 4) is 0 Å². The van der Waals surface area contributed by atoms with Crippen LogP contribution in [-0.4, -0.2) is 15.6 Å². The topological polar surface area (TPSA) is 29.9 Å². The molecule has 1 N–H and O–H groups in total. The average molecular weight is 263 g/mol. The first kappa shape index (κ1) is 14.6. The number of hydrogen-bond acceptors (Lipinski definition) is 2. The van der Waals surface area contributed by atoms with E-state index in [0.29, 0.717) is 6.04 Å². The van der Waals surface area contributed by atoms with E-state index in [1.54, 1.807) is 0 Å². The second-order valence-electron chi connectivity index (χ2n) is 6.00. The summed E-state index contributed by atoms with van der Waals surface area (Å²) in [6.07, 6.45) is 13.7. The number of nitrogens with zero attached hydrogens (tertiary/aromatic N) is 2. The van der Waals surface area contributed by atoms with Crippen molar-refractivity contribution in [1.82, 2.24) is 14.9 Å². The highest BCUT2D eigenvalue weighted by Gasteiger charge is 2.18. The van der Waals surface area contributed by atoms with Gasteiger partial charge in [-0.05, 0) is 32.1 Å². The van der Waals surface area contributed by atoms with Crippen LogP contribution in [0.15, 0.2) is 12.5 Å². The molecule has 0 amide bonds. The molecule has 0 bridgehead atoms. The third-order valence-corrected chi connectivity index (χ3v) is 4.48. The van der Waals surface area contributed by atoms with E-state index in [4.69, 9.17) is 0 Å². The molecule has 1 fully saturated rings. The number of nitrogens with one attached hydrogen (secondary N) is 1. The van der Waals surface area contributed by atoms with Gasteiger partial charge in [-0.15, -0.1) is 0 Å². The number of aromatic nitrogens is 2. The number of imidazole rings is 1. The highest BCUT2D eigenvalue weighted by Crippen LogP contribution is 2.25. The van der Waals surface area contributed by atoms with Gasteiger partial charge in [-0.2, -0.15) is 0 Å². The van der Waals surface area contributed by atoms with E-state index in [1.807, 2.05) is 12.5 Å². The van der Waals surface area contributed by atoms with Gasteiger partial charge in [0.15, 0.2) is 0 Å². The lowest BCUT2D eigenvalue weighted by Gasteiger charge is -2.23. The Labute approximate surface area is 117 Å². The zero-order valence-electron chi connectivity index (χ0n) is 12.6. The Morgan fingerprint density at radius 3 is 2.74 bits per heavy atom. The molecule has 0 saturated heterocycles. The molecule has 0 unspecified atom stereocenters. The lowest BCUT2D eigenvalue weighted by atomic mass is 9.93. The van der Waals surface area contributed by atoms with Gasteiger partial charge in [-0.1, -0.05) is 32.6 Å². The predicted octanol–water partition coefficient (Wildman–Crippen LogP) is 3.74. The Morgan fingerprint density at radius 2 is 2.05 bits per heavy atom. The van der Waals surface area contributed by atoms with Crippen LogP contribution in [-0.2, 0) is 13.1 Å². The van der Waals surface area contributed by atoms with Crippen LogP contribution >= 0.6 is 0 Å².